The second-order valence-electron chi connectivity index (χ2n) is 5.21. The van der Waals surface area contributed by atoms with Gasteiger partial charge in [-0.05, 0) is 32.6 Å². The lowest BCUT2D eigenvalue weighted by atomic mass is 9.83. The molecule has 2 heteroatoms. The number of unbranched alkanes of at least 4 members (excludes halogenated alkanes) is 1. The highest BCUT2D eigenvalue weighted by Crippen LogP contribution is 2.23. The van der Waals surface area contributed by atoms with Crippen molar-refractivity contribution in [1.82, 2.24) is 0 Å². The fourth-order valence-corrected chi connectivity index (χ4v) is 1.33. The lowest BCUT2D eigenvalue weighted by Crippen LogP contribution is -2.23. The Bertz CT molecular complexity index is 197. The molecule has 0 saturated heterocycles. The molecule has 0 spiro atoms. The van der Waals surface area contributed by atoms with Gasteiger partial charge in [0.1, 0.15) is 5.78 Å². The van der Waals surface area contributed by atoms with Gasteiger partial charge in [-0.15, -0.1) is 0 Å². The number of ether oxygens (including phenoxy) is 1. The number of rotatable bonds is 9. The molecule has 96 valence electrons. The summed E-state index contributed by atoms with van der Waals surface area (Å²) in [4.78, 5) is 11.8. The van der Waals surface area contributed by atoms with Crippen LogP contribution in [-0.2, 0) is 9.53 Å². The van der Waals surface area contributed by atoms with Gasteiger partial charge in [-0.2, -0.15) is 0 Å². The SMILES string of the molecule is CCC(C)OCCCCC(=O)C(C)(C)CC. The maximum atomic E-state index is 11.8. The van der Waals surface area contributed by atoms with Crippen molar-refractivity contribution in [1.29, 1.82) is 0 Å². The van der Waals surface area contributed by atoms with Crippen LogP contribution in [0.3, 0.4) is 0 Å². The van der Waals surface area contributed by atoms with Gasteiger partial charge in [-0.3, -0.25) is 4.79 Å². The van der Waals surface area contributed by atoms with Gasteiger partial charge in [0.2, 0.25) is 0 Å². The Labute approximate surface area is 101 Å². The van der Waals surface area contributed by atoms with Crippen LogP contribution in [0.2, 0.25) is 0 Å². The Hall–Kier alpha value is -0.370. The van der Waals surface area contributed by atoms with Crippen LogP contribution in [0, 0.1) is 5.41 Å². The van der Waals surface area contributed by atoms with Gasteiger partial charge < -0.3 is 4.74 Å². The molecule has 0 aromatic heterocycles. The van der Waals surface area contributed by atoms with E-state index in [1.807, 2.05) is 13.8 Å². The van der Waals surface area contributed by atoms with Gasteiger partial charge in [-0.25, -0.2) is 0 Å². The highest BCUT2D eigenvalue weighted by atomic mass is 16.5. The van der Waals surface area contributed by atoms with Gasteiger partial charge in [0.15, 0.2) is 0 Å². The number of hydrogen-bond acceptors (Lipinski definition) is 2. The van der Waals surface area contributed by atoms with Gasteiger partial charge in [0, 0.05) is 18.4 Å². The first-order chi connectivity index (χ1) is 7.44. The zero-order chi connectivity index (χ0) is 12.6. The predicted molar refractivity (Wildman–Crippen MR) is 68.6 cm³/mol. The van der Waals surface area contributed by atoms with Crippen molar-refractivity contribution in [2.24, 2.45) is 5.41 Å². The van der Waals surface area contributed by atoms with E-state index in [2.05, 4.69) is 20.8 Å². The van der Waals surface area contributed by atoms with E-state index in [0.717, 1.165) is 32.3 Å². The summed E-state index contributed by atoms with van der Waals surface area (Å²) in [6, 6.07) is 0. The summed E-state index contributed by atoms with van der Waals surface area (Å²) in [5, 5.41) is 0. The Morgan fingerprint density at radius 1 is 1.25 bits per heavy atom. The molecule has 1 atom stereocenters. The molecule has 2 nitrogen and oxygen atoms in total. The zero-order valence-electron chi connectivity index (χ0n) is 11.6. The van der Waals surface area contributed by atoms with Crippen molar-refractivity contribution in [3.63, 3.8) is 0 Å². The molecule has 0 aromatic rings. The first-order valence-electron chi connectivity index (χ1n) is 6.59. The molecule has 0 fully saturated rings. The van der Waals surface area contributed by atoms with Gasteiger partial charge in [0.25, 0.3) is 0 Å². The Morgan fingerprint density at radius 3 is 2.38 bits per heavy atom. The van der Waals surface area contributed by atoms with Crippen LogP contribution in [0.4, 0.5) is 0 Å². The zero-order valence-corrected chi connectivity index (χ0v) is 11.6. The minimum Gasteiger partial charge on any atom is -0.379 e. The quantitative estimate of drug-likeness (QED) is 0.558. The average molecular weight is 228 g/mol. The molecule has 16 heavy (non-hydrogen) atoms. The highest BCUT2D eigenvalue weighted by Gasteiger charge is 2.23. The second-order valence-corrected chi connectivity index (χ2v) is 5.21. The van der Waals surface area contributed by atoms with Crippen LogP contribution in [0.1, 0.15) is 66.7 Å². The van der Waals surface area contributed by atoms with Crippen LogP contribution in [0.25, 0.3) is 0 Å². The summed E-state index contributed by atoms with van der Waals surface area (Å²) in [5.74, 6) is 0.388. The third-order valence-corrected chi connectivity index (χ3v) is 3.41. The Kier molecular flexibility index (Phi) is 7.65. The molecular formula is C14H28O2. The number of ketones is 1. The Morgan fingerprint density at radius 2 is 1.88 bits per heavy atom. The third kappa shape index (κ3) is 6.26. The fraction of sp³-hybridized carbons (Fsp3) is 0.929. The molecule has 0 aliphatic rings. The third-order valence-electron chi connectivity index (χ3n) is 3.41. The largest absolute Gasteiger partial charge is 0.379 e. The summed E-state index contributed by atoms with van der Waals surface area (Å²) < 4.78 is 5.57. The summed E-state index contributed by atoms with van der Waals surface area (Å²) in [6.45, 7) is 11.1. The molecule has 0 aromatic carbocycles. The molecule has 0 aliphatic carbocycles. The molecule has 0 bridgehead atoms. The molecule has 0 heterocycles. The van der Waals surface area contributed by atoms with Crippen LogP contribution < -0.4 is 0 Å². The number of carbonyl (C=O) groups excluding carboxylic acids is 1. The minimum atomic E-state index is -0.141. The number of carbonyl (C=O) groups is 1. The van der Waals surface area contributed by atoms with Crippen molar-refractivity contribution >= 4 is 5.78 Å². The minimum absolute atomic E-state index is 0.141. The summed E-state index contributed by atoms with van der Waals surface area (Å²) >= 11 is 0. The summed E-state index contributed by atoms with van der Waals surface area (Å²) in [5.41, 5.74) is -0.141. The maximum absolute atomic E-state index is 11.8. The summed E-state index contributed by atoms with van der Waals surface area (Å²) in [7, 11) is 0. The molecule has 0 aliphatic heterocycles. The average Bonchev–Trinajstić information content (AvgIpc) is 2.27. The van der Waals surface area contributed by atoms with E-state index < -0.39 is 0 Å². The van der Waals surface area contributed by atoms with Crippen molar-refractivity contribution in [2.75, 3.05) is 6.61 Å². The van der Waals surface area contributed by atoms with Crippen LogP contribution in [-0.4, -0.2) is 18.5 Å². The fourth-order valence-electron chi connectivity index (χ4n) is 1.33. The second kappa shape index (κ2) is 7.83. The lowest BCUT2D eigenvalue weighted by molar-refractivity contribution is -0.127. The van der Waals surface area contributed by atoms with E-state index in [9.17, 15) is 4.79 Å². The normalized spacial score (nSPS) is 13.8. The predicted octanol–water partition coefficient (Wildman–Crippen LogP) is 3.98. The van der Waals surface area contributed by atoms with Crippen molar-refractivity contribution in [3.8, 4) is 0 Å². The Balaban J connectivity index is 3.56. The van der Waals surface area contributed by atoms with Crippen molar-refractivity contribution < 1.29 is 9.53 Å². The van der Waals surface area contributed by atoms with E-state index in [-0.39, 0.29) is 5.41 Å². The van der Waals surface area contributed by atoms with E-state index in [0.29, 0.717) is 18.3 Å². The molecular weight excluding hydrogens is 200 g/mol. The molecule has 0 rings (SSSR count). The molecule has 0 amide bonds. The monoisotopic (exact) mass is 228 g/mol. The van der Waals surface area contributed by atoms with E-state index in [1.165, 1.54) is 0 Å². The summed E-state index contributed by atoms with van der Waals surface area (Å²) in [6.07, 6.45) is 4.98. The topological polar surface area (TPSA) is 26.3 Å². The van der Waals surface area contributed by atoms with Gasteiger partial charge >= 0.3 is 0 Å². The standard InChI is InChI=1S/C14H28O2/c1-6-12(3)16-11-9-8-10-13(15)14(4,5)7-2/h12H,6-11H2,1-5H3. The number of hydrogen-bond donors (Lipinski definition) is 0. The molecule has 0 radical (unpaired) electrons. The van der Waals surface area contributed by atoms with Crippen molar-refractivity contribution in [3.05, 3.63) is 0 Å². The smallest absolute Gasteiger partial charge is 0.138 e. The van der Waals surface area contributed by atoms with E-state index in [1.54, 1.807) is 0 Å². The van der Waals surface area contributed by atoms with Crippen LogP contribution in [0.5, 0.6) is 0 Å². The molecule has 0 N–H and O–H groups in total. The molecule has 0 saturated carbocycles. The lowest BCUT2D eigenvalue weighted by Gasteiger charge is -2.20. The van der Waals surface area contributed by atoms with E-state index in [4.69, 9.17) is 4.74 Å². The van der Waals surface area contributed by atoms with Crippen LogP contribution in [0.15, 0.2) is 0 Å². The van der Waals surface area contributed by atoms with Gasteiger partial charge in [-0.1, -0.05) is 27.7 Å². The van der Waals surface area contributed by atoms with Gasteiger partial charge in [0.05, 0.1) is 6.10 Å². The number of Topliss-reactive ketones (excluding diaryl/α,β-unsaturated/α-hetero) is 1. The van der Waals surface area contributed by atoms with Crippen LogP contribution >= 0.6 is 0 Å². The maximum Gasteiger partial charge on any atom is 0.138 e. The first-order valence-corrected chi connectivity index (χ1v) is 6.59. The van der Waals surface area contributed by atoms with Crippen molar-refractivity contribution in [2.45, 2.75) is 72.8 Å². The van der Waals surface area contributed by atoms with E-state index >= 15 is 0 Å². The highest BCUT2D eigenvalue weighted by molar-refractivity contribution is 5.83. The first kappa shape index (κ1) is 15.6. The molecule has 1 unspecified atom stereocenters.